The van der Waals surface area contributed by atoms with E-state index in [9.17, 15) is 4.79 Å². The molecule has 0 radical (unpaired) electrons. The average Bonchev–Trinajstić information content (AvgIpc) is 2.84. The number of thioether (sulfide) groups is 1. The molecule has 2 unspecified atom stereocenters. The van der Waals surface area contributed by atoms with Crippen LogP contribution in [0.5, 0.6) is 0 Å². The molecule has 1 aliphatic rings. The van der Waals surface area contributed by atoms with Crippen LogP contribution in [0.15, 0.2) is 0 Å². The Kier molecular flexibility index (Phi) is 23.1. The Hall–Kier alpha value is 0.0769. The number of nitrogens with zero attached hydrogens (tertiary/aromatic N) is 1. The van der Waals surface area contributed by atoms with Gasteiger partial charge in [0.25, 0.3) is 0 Å². The van der Waals surface area contributed by atoms with E-state index in [0.29, 0.717) is 17.8 Å². The first kappa shape index (κ1) is 33.1. The normalized spacial score (nSPS) is 18.3. The molecule has 2 atom stereocenters. The van der Waals surface area contributed by atoms with Crippen molar-refractivity contribution in [2.45, 2.75) is 134 Å². The summed E-state index contributed by atoms with van der Waals surface area (Å²) in [5, 5.41) is 9.54. The Labute approximate surface area is 223 Å². The molecule has 0 bridgehead atoms. The zero-order valence-corrected chi connectivity index (χ0v) is 25.1. The minimum Gasteiger partial charge on any atom is -0.385 e. The van der Waals surface area contributed by atoms with Gasteiger partial charge in [-0.05, 0) is 57.2 Å². The molecule has 0 aromatic rings. The largest absolute Gasteiger partial charge is 0.385 e. The Morgan fingerprint density at radius 1 is 0.943 bits per heavy atom. The van der Waals surface area contributed by atoms with Crippen molar-refractivity contribution in [3.8, 4) is 0 Å². The van der Waals surface area contributed by atoms with Gasteiger partial charge in [-0.15, -0.1) is 0 Å². The van der Waals surface area contributed by atoms with Crippen molar-refractivity contribution in [2.75, 3.05) is 39.4 Å². The van der Waals surface area contributed by atoms with Crippen LogP contribution < -0.4 is 0 Å². The quantitative estimate of drug-likeness (QED) is 0.0929. The summed E-state index contributed by atoms with van der Waals surface area (Å²) in [5.41, 5.74) is 0. The molecule has 1 saturated heterocycles. The fourth-order valence-corrected chi connectivity index (χ4v) is 10.3. The van der Waals surface area contributed by atoms with Crippen LogP contribution in [0.1, 0.15) is 116 Å². The number of hydrogen-bond donors (Lipinski definition) is 1. The van der Waals surface area contributed by atoms with Crippen molar-refractivity contribution in [3.63, 3.8) is 0 Å². The maximum Gasteiger partial charge on any atom is 0.188 e. The fourth-order valence-electron chi connectivity index (χ4n) is 5.36. The summed E-state index contributed by atoms with van der Waals surface area (Å²) in [5.74, 6) is 1.00. The van der Waals surface area contributed by atoms with E-state index in [0.717, 1.165) is 38.0 Å². The van der Waals surface area contributed by atoms with Gasteiger partial charge in [-0.25, -0.2) is 0 Å². The molecular weight excluding hydrogens is 474 g/mol. The number of ether oxygens (including phenoxy) is 2. The summed E-state index contributed by atoms with van der Waals surface area (Å²) >= 11 is 1.59. The predicted octanol–water partition coefficient (Wildman–Crippen LogP) is 6.92. The van der Waals surface area contributed by atoms with Crippen LogP contribution in [0.2, 0.25) is 12.1 Å². The summed E-state index contributed by atoms with van der Waals surface area (Å²) < 4.78 is 13.5. The van der Waals surface area contributed by atoms with E-state index in [1.54, 1.807) is 18.9 Å². The first-order chi connectivity index (χ1) is 17.2. The second-order valence-electron chi connectivity index (χ2n) is 10.3. The summed E-state index contributed by atoms with van der Waals surface area (Å²) in [7, 11) is 0.762. The number of carbonyl (C=O) groups is 1. The van der Waals surface area contributed by atoms with Crippen LogP contribution in [-0.4, -0.2) is 69.2 Å². The van der Waals surface area contributed by atoms with E-state index in [2.05, 4.69) is 11.5 Å². The zero-order valence-electron chi connectivity index (χ0n) is 23.2. The van der Waals surface area contributed by atoms with E-state index >= 15 is 0 Å². The maximum atomic E-state index is 12.3. The van der Waals surface area contributed by atoms with Crippen LogP contribution in [-0.2, 0) is 14.3 Å². The van der Waals surface area contributed by atoms with E-state index in [1.165, 1.54) is 102 Å². The molecule has 1 fully saturated rings. The van der Waals surface area contributed by atoms with Gasteiger partial charge in [0.05, 0.1) is 6.61 Å². The Morgan fingerprint density at radius 2 is 1.71 bits per heavy atom. The molecule has 1 heterocycles. The van der Waals surface area contributed by atoms with Gasteiger partial charge >= 0.3 is 0 Å². The SMILES string of the molecule is CCCCCCCC(=O)SCCC[SiH]1CCCCCCN1C(CCCCCCOC)CCOCO. The van der Waals surface area contributed by atoms with Crippen molar-refractivity contribution in [1.82, 2.24) is 4.57 Å². The molecule has 0 spiro atoms. The highest BCUT2D eigenvalue weighted by Gasteiger charge is 2.27. The van der Waals surface area contributed by atoms with Crippen molar-refractivity contribution >= 4 is 25.8 Å². The average molecular weight is 532 g/mol. The maximum absolute atomic E-state index is 12.3. The molecule has 0 saturated carbocycles. The lowest BCUT2D eigenvalue weighted by molar-refractivity contribution is -0.111. The lowest BCUT2D eigenvalue weighted by atomic mass is 10.0. The molecule has 208 valence electrons. The van der Waals surface area contributed by atoms with E-state index < -0.39 is 8.96 Å². The number of unbranched alkanes of at least 4 members (excludes halogenated alkanes) is 7. The minimum absolute atomic E-state index is 0.172. The molecule has 0 amide bonds. The summed E-state index contributed by atoms with van der Waals surface area (Å²) in [6.07, 6.45) is 20.7. The predicted molar refractivity (Wildman–Crippen MR) is 154 cm³/mol. The Bertz CT molecular complexity index is 486. The van der Waals surface area contributed by atoms with Gasteiger partial charge in [0.15, 0.2) is 5.12 Å². The second-order valence-corrected chi connectivity index (χ2v) is 14.6. The first-order valence-electron chi connectivity index (χ1n) is 14.8. The number of rotatable bonds is 22. The van der Waals surface area contributed by atoms with Gasteiger partial charge < -0.3 is 19.1 Å². The zero-order chi connectivity index (χ0) is 25.4. The van der Waals surface area contributed by atoms with Gasteiger partial charge in [0.2, 0.25) is 0 Å². The third kappa shape index (κ3) is 18.0. The number of methoxy groups -OCH3 is 1. The van der Waals surface area contributed by atoms with Crippen LogP contribution in [0, 0.1) is 0 Å². The van der Waals surface area contributed by atoms with Gasteiger partial charge in [-0.2, -0.15) is 0 Å². The van der Waals surface area contributed by atoms with Crippen molar-refractivity contribution in [3.05, 3.63) is 0 Å². The summed E-state index contributed by atoms with van der Waals surface area (Å²) in [6, 6.07) is 3.35. The molecule has 35 heavy (non-hydrogen) atoms. The molecule has 5 nitrogen and oxygen atoms in total. The second kappa shape index (κ2) is 24.4. The first-order valence-corrected chi connectivity index (χ1v) is 17.9. The molecule has 1 N–H and O–H groups in total. The highest BCUT2D eigenvalue weighted by atomic mass is 32.2. The van der Waals surface area contributed by atoms with E-state index in [1.807, 2.05) is 0 Å². The number of aliphatic hydroxyl groups is 1. The smallest absolute Gasteiger partial charge is 0.188 e. The molecular formula is C28H57NO4SSi. The Balaban J connectivity index is 2.51. The molecule has 0 aliphatic carbocycles. The van der Waals surface area contributed by atoms with Crippen LogP contribution >= 0.6 is 11.8 Å². The minimum atomic E-state index is -1.02. The topological polar surface area (TPSA) is 59.0 Å². The van der Waals surface area contributed by atoms with Crippen molar-refractivity contribution in [2.24, 2.45) is 0 Å². The standard InChI is InChI=1S/C28H57NO4SSi/c1-3-4-5-6-12-18-28(31)34-23-16-25-35-24-15-10-8-13-20-29(35)27(19-22-33-26-30)17-11-7-9-14-21-32-2/h27,30,35H,3-26H2,1-2H3. The summed E-state index contributed by atoms with van der Waals surface area (Å²) in [6.45, 7) is 4.83. The molecule has 0 aromatic heterocycles. The number of aliphatic hydroxyl groups excluding tert-OH is 1. The fraction of sp³-hybridized carbons (Fsp3) is 0.964. The lowest BCUT2D eigenvalue weighted by Gasteiger charge is -2.39. The molecule has 1 rings (SSSR count). The van der Waals surface area contributed by atoms with Crippen LogP contribution in [0.4, 0.5) is 0 Å². The number of carbonyl (C=O) groups excluding carboxylic acids is 1. The Morgan fingerprint density at radius 3 is 2.51 bits per heavy atom. The van der Waals surface area contributed by atoms with Gasteiger partial charge in [-0.3, -0.25) is 4.79 Å². The van der Waals surface area contributed by atoms with E-state index in [-0.39, 0.29) is 6.79 Å². The summed E-state index contributed by atoms with van der Waals surface area (Å²) in [4.78, 5) is 12.3. The third-order valence-electron chi connectivity index (χ3n) is 7.39. The van der Waals surface area contributed by atoms with Crippen LogP contribution in [0.25, 0.3) is 0 Å². The van der Waals surface area contributed by atoms with Gasteiger partial charge in [0.1, 0.15) is 15.8 Å². The lowest BCUT2D eigenvalue weighted by Crippen LogP contribution is -2.48. The molecule has 7 heteroatoms. The van der Waals surface area contributed by atoms with Crippen molar-refractivity contribution in [1.29, 1.82) is 0 Å². The van der Waals surface area contributed by atoms with Gasteiger partial charge in [-0.1, -0.05) is 82.9 Å². The number of hydrogen-bond acceptors (Lipinski definition) is 6. The highest BCUT2D eigenvalue weighted by Crippen LogP contribution is 2.26. The van der Waals surface area contributed by atoms with E-state index in [4.69, 9.17) is 14.6 Å². The van der Waals surface area contributed by atoms with Crippen LogP contribution in [0.3, 0.4) is 0 Å². The third-order valence-corrected chi connectivity index (χ3v) is 12.2. The van der Waals surface area contributed by atoms with Gasteiger partial charge in [0, 0.05) is 31.9 Å². The monoisotopic (exact) mass is 531 g/mol. The molecule has 0 aromatic carbocycles. The van der Waals surface area contributed by atoms with Crippen molar-refractivity contribution < 1.29 is 19.4 Å². The molecule has 1 aliphatic heterocycles. The highest BCUT2D eigenvalue weighted by molar-refractivity contribution is 8.13.